The van der Waals surface area contributed by atoms with Crippen LogP contribution in [0.4, 0.5) is 0 Å². The summed E-state index contributed by atoms with van der Waals surface area (Å²) in [6.07, 6.45) is 10.2. The van der Waals surface area contributed by atoms with E-state index in [-0.39, 0.29) is 0 Å². The highest BCUT2D eigenvalue weighted by atomic mass is 16.3. The average Bonchev–Trinajstić information content (AvgIpc) is 3.37. The Hall–Kier alpha value is -1.18. The Balaban J connectivity index is 1.57. The SMILES string of the molecule is Oc1c2c(c(O)c3c1[C@H]1CC[C@@H]3C13CC3)[C@@H]1CC[C@H]2C12CC2. The molecule has 114 valence electrons. The summed E-state index contributed by atoms with van der Waals surface area (Å²) in [5, 5.41) is 22.4. The van der Waals surface area contributed by atoms with Crippen molar-refractivity contribution in [3.05, 3.63) is 22.3 Å². The molecule has 2 heteroatoms. The molecule has 4 atom stereocenters. The second-order valence-corrected chi connectivity index (χ2v) is 9.18. The fourth-order valence-corrected chi connectivity index (χ4v) is 7.92. The van der Waals surface area contributed by atoms with Gasteiger partial charge in [-0.15, -0.1) is 0 Å². The molecule has 2 spiro atoms. The molecule has 0 unspecified atom stereocenters. The van der Waals surface area contributed by atoms with E-state index >= 15 is 0 Å². The Kier molecular flexibility index (Phi) is 1.52. The predicted octanol–water partition coefficient (Wildman–Crippen LogP) is 4.61. The lowest BCUT2D eigenvalue weighted by Gasteiger charge is -2.25. The van der Waals surface area contributed by atoms with Crippen molar-refractivity contribution >= 4 is 0 Å². The van der Waals surface area contributed by atoms with Crippen molar-refractivity contribution in [2.24, 2.45) is 10.8 Å². The number of hydrogen-bond donors (Lipinski definition) is 2. The van der Waals surface area contributed by atoms with Crippen LogP contribution in [0.3, 0.4) is 0 Å². The highest BCUT2D eigenvalue weighted by Crippen LogP contribution is 2.83. The van der Waals surface area contributed by atoms with Gasteiger partial charge in [-0.25, -0.2) is 0 Å². The van der Waals surface area contributed by atoms with E-state index in [2.05, 4.69) is 0 Å². The number of aromatic hydroxyl groups is 2. The second-order valence-electron chi connectivity index (χ2n) is 9.18. The molecule has 1 aromatic carbocycles. The lowest BCUT2D eigenvalue weighted by molar-refractivity contribution is 0.414. The highest BCUT2D eigenvalue weighted by molar-refractivity contribution is 5.71. The van der Waals surface area contributed by atoms with Crippen LogP contribution in [0, 0.1) is 10.8 Å². The van der Waals surface area contributed by atoms with E-state index in [0.29, 0.717) is 46.0 Å². The predicted molar refractivity (Wildman–Crippen MR) is 82.5 cm³/mol. The van der Waals surface area contributed by atoms with Crippen LogP contribution in [0.15, 0.2) is 0 Å². The minimum atomic E-state index is 0.447. The summed E-state index contributed by atoms with van der Waals surface area (Å²) >= 11 is 0. The van der Waals surface area contributed by atoms with Gasteiger partial charge in [-0.2, -0.15) is 0 Å². The van der Waals surface area contributed by atoms with E-state index in [1.54, 1.807) is 0 Å². The summed E-state index contributed by atoms with van der Waals surface area (Å²) in [4.78, 5) is 0. The molecule has 4 bridgehead atoms. The minimum Gasteiger partial charge on any atom is -0.507 e. The van der Waals surface area contributed by atoms with Crippen molar-refractivity contribution in [3.63, 3.8) is 0 Å². The summed E-state index contributed by atoms with van der Waals surface area (Å²) in [5.41, 5.74) is 5.70. The van der Waals surface area contributed by atoms with Crippen molar-refractivity contribution in [2.45, 2.75) is 75.0 Å². The van der Waals surface area contributed by atoms with Gasteiger partial charge in [0.25, 0.3) is 0 Å². The van der Waals surface area contributed by atoms with E-state index in [0.717, 1.165) is 0 Å². The van der Waals surface area contributed by atoms with Crippen molar-refractivity contribution < 1.29 is 10.2 Å². The maximum Gasteiger partial charge on any atom is 0.123 e. The smallest absolute Gasteiger partial charge is 0.123 e. The first-order valence-electron chi connectivity index (χ1n) is 9.30. The summed E-state index contributed by atoms with van der Waals surface area (Å²) in [6.45, 7) is 0. The monoisotopic (exact) mass is 294 g/mol. The molecular weight excluding hydrogens is 272 g/mol. The van der Waals surface area contributed by atoms with Crippen molar-refractivity contribution in [3.8, 4) is 11.5 Å². The van der Waals surface area contributed by atoms with E-state index in [1.165, 1.54) is 73.6 Å². The van der Waals surface area contributed by atoms with Gasteiger partial charge in [0.15, 0.2) is 0 Å². The zero-order valence-electron chi connectivity index (χ0n) is 12.9. The highest BCUT2D eigenvalue weighted by Gasteiger charge is 2.69. The lowest BCUT2D eigenvalue weighted by Crippen LogP contribution is -2.07. The Morgan fingerprint density at radius 2 is 0.818 bits per heavy atom. The third-order valence-corrected chi connectivity index (χ3v) is 8.91. The van der Waals surface area contributed by atoms with E-state index in [1.807, 2.05) is 0 Å². The molecule has 0 saturated heterocycles. The second kappa shape index (κ2) is 2.95. The fourth-order valence-electron chi connectivity index (χ4n) is 7.92. The van der Waals surface area contributed by atoms with Gasteiger partial charge in [0, 0.05) is 22.3 Å². The van der Waals surface area contributed by atoms with Crippen LogP contribution in [0.1, 0.15) is 97.3 Å². The van der Waals surface area contributed by atoms with Crippen LogP contribution in [-0.2, 0) is 0 Å². The van der Waals surface area contributed by atoms with Crippen LogP contribution >= 0.6 is 0 Å². The number of fused-ring (bicyclic) bond motifs is 6. The largest absolute Gasteiger partial charge is 0.507 e. The van der Waals surface area contributed by atoms with E-state index in [9.17, 15) is 10.2 Å². The number of phenols is 2. The van der Waals surface area contributed by atoms with Gasteiger partial charge in [0.05, 0.1) is 0 Å². The van der Waals surface area contributed by atoms with Crippen LogP contribution in [0.25, 0.3) is 0 Å². The molecule has 2 N–H and O–H groups in total. The van der Waals surface area contributed by atoms with Gasteiger partial charge < -0.3 is 10.2 Å². The standard InChI is InChI=1S/C20H22O2/c21-17-13-9-1-2-10(19(9)5-6-19)14(13)18(22)16-12-4-3-11(15(16)17)20(12)7-8-20/h9-12,21-22H,1-8H2/t9-,10+,11-,12+. The molecule has 6 aliphatic rings. The zero-order valence-corrected chi connectivity index (χ0v) is 12.9. The van der Waals surface area contributed by atoms with Gasteiger partial charge in [-0.3, -0.25) is 0 Å². The summed E-state index contributed by atoms with van der Waals surface area (Å²) in [6, 6.07) is 0. The third kappa shape index (κ3) is 0.871. The van der Waals surface area contributed by atoms with Crippen molar-refractivity contribution in [2.75, 3.05) is 0 Å². The lowest BCUT2D eigenvalue weighted by atomic mass is 9.81. The number of rotatable bonds is 0. The first kappa shape index (κ1) is 11.4. The summed E-state index contributed by atoms with van der Waals surface area (Å²) < 4.78 is 0. The summed E-state index contributed by atoms with van der Waals surface area (Å²) in [5.74, 6) is 3.49. The Morgan fingerprint density at radius 3 is 1.05 bits per heavy atom. The number of hydrogen-bond acceptors (Lipinski definition) is 2. The fraction of sp³-hybridized carbons (Fsp3) is 0.700. The van der Waals surface area contributed by atoms with Gasteiger partial charge >= 0.3 is 0 Å². The molecule has 0 aliphatic heterocycles. The number of phenolic OH excluding ortho intramolecular Hbond substituents is 2. The van der Waals surface area contributed by atoms with Crippen LogP contribution in [-0.4, -0.2) is 10.2 Å². The molecule has 0 radical (unpaired) electrons. The van der Waals surface area contributed by atoms with Crippen molar-refractivity contribution in [1.82, 2.24) is 0 Å². The normalized spacial score (nSPS) is 42.2. The zero-order chi connectivity index (χ0) is 14.4. The molecule has 7 rings (SSSR count). The molecule has 0 amide bonds. The van der Waals surface area contributed by atoms with Gasteiger partial charge in [0.2, 0.25) is 0 Å². The molecule has 4 saturated carbocycles. The molecular formula is C20H22O2. The maximum absolute atomic E-state index is 11.2. The molecule has 1 aromatic rings. The Bertz CT molecular complexity index is 650. The third-order valence-electron chi connectivity index (χ3n) is 8.91. The molecule has 4 fully saturated rings. The molecule has 22 heavy (non-hydrogen) atoms. The van der Waals surface area contributed by atoms with Crippen molar-refractivity contribution in [1.29, 1.82) is 0 Å². The summed E-state index contributed by atoms with van der Waals surface area (Å²) in [7, 11) is 0. The van der Waals surface area contributed by atoms with Gasteiger partial charge in [0.1, 0.15) is 11.5 Å². The minimum absolute atomic E-state index is 0.447. The molecule has 0 heterocycles. The number of benzene rings is 1. The molecule has 6 aliphatic carbocycles. The van der Waals surface area contributed by atoms with Crippen LogP contribution in [0.2, 0.25) is 0 Å². The first-order valence-corrected chi connectivity index (χ1v) is 9.30. The van der Waals surface area contributed by atoms with E-state index in [4.69, 9.17) is 0 Å². The average molecular weight is 294 g/mol. The van der Waals surface area contributed by atoms with E-state index < -0.39 is 0 Å². The molecule has 0 aromatic heterocycles. The van der Waals surface area contributed by atoms with Crippen LogP contribution < -0.4 is 0 Å². The topological polar surface area (TPSA) is 40.5 Å². The molecule has 2 nitrogen and oxygen atoms in total. The maximum atomic E-state index is 11.2. The van der Waals surface area contributed by atoms with Gasteiger partial charge in [-0.1, -0.05) is 0 Å². The Labute approximate surface area is 130 Å². The van der Waals surface area contributed by atoms with Gasteiger partial charge in [-0.05, 0) is 85.9 Å². The Morgan fingerprint density at radius 1 is 0.545 bits per heavy atom. The first-order chi connectivity index (χ1) is 10.7. The quantitative estimate of drug-likeness (QED) is 0.686. The van der Waals surface area contributed by atoms with Crippen LogP contribution in [0.5, 0.6) is 11.5 Å².